The third-order valence-corrected chi connectivity index (χ3v) is 4.02. The molecular weight excluding hydrogens is 256 g/mol. The molecule has 0 saturated carbocycles. The van der Waals surface area contributed by atoms with Gasteiger partial charge in [0.2, 0.25) is 0 Å². The minimum absolute atomic E-state index is 0.831. The van der Waals surface area contributed by atoms with E-state index in [1.54, 1.807) is 0 Å². The van der Waals surface area contributed by atoms with Gasteiger partial charge in [0.25, 0.3) is 0 Å². The normalized spacial score (nSPS) is 18.0. The van der Waals surface area contributed by atoms with Crippen molar-refractivity contribution in [2.45, 2.75) is 23.3 Å². The zero-order chi connectivity index (χ0) is 13.3. The van der Waals surface area contributed by atoms with E-state index in [-0.39, 0.29) is 0 Å². The van der Waals surface area contributed by atoms with Crippen molar-refractivity contribution < 1.29 is 29.4 Å². The Labute approximate surface area is 102 Å². The van der Waals surface area contributed by atoms with Gasteiger partial charge in [0.1, 0.15) is 0 Å². The molecule has 8 heteroatoms. The minimum Gasteiger partial charge on any atom is -0.480 e. The van der Waals surface area contributed by atoms with Gasteiger partial charge in [-0.15, -0.1) is 0 Å². The van der Waals surface area contributed by atoms with Gasteiger partial charge in [-0.3, -0.25) is 19.2 Å². The summed E-state index contributed by atoms with van der Waals surface area (Å²) in [4.78, 5) is 44.4. The summed E-state index contributed by atoms with van der Waals surface area (Å²) >= 11 is 7.08. The monoisotopic (exact) mass is 266 g/mol. The summed E-state index contributed by atoms with van der Waals surface area (Å²) in [7, 11) is 0. The fourth-order valence-electron chi connectivity index (χ4n) is 1.12. The maximum absolute atomic E-state index is 11.2. The molecule has 0 amide bonds. The Morgan fingerprint density at radius 3 is 1.06 bits per heavy atom. The first-order chi connectivity index (χ1) is 7.02. The molecule has 2 atom stereocenters. The van der Waals surface area contributed by atoms with Crippen LogP contribution in [-0.2, 0) is 19.2 Å². The van der Waals surface area contributed by atoms with E-state index in [1.165, 1.54) is 0 Å². The van der Waals surface area contributed by atoms with Gasteiger partial charge in [0.05, 0.1) is 0 Å². The van der Waals surface area contributed by atoms with Crippen LogP contribution in [0.15, 0.2) is 0 Å². The molecule has 0 aliphatic carbocycles. The van der Waals surface area contributed by atoms with E-state index < -0.39 is 33.0 Å². The van der Waals surface area contributed by atoms with Crippen LogP contribution < -0.4 is 0 Å². The number of aliphatic carboxylic acids is 2. The largest absolute Gasteiger partial charge is 0.480 e. The Morgan fingerprint density at radius 2 is 1.00 bits per heavy atom. The van der Waals surface area contributed by atoms with Gasteiger partial charge >= 0.3 is 11.9 Å². The second kappa shape index (κ2) is 4.46. The van der Waals surface area contributed by atoms with Crippen LogP contribution in [0.1, 0.15) is 13.8 Å². The molecule has 0 bridgehead atoms. The average molecular weight is 266 g/mol. The molecule has 0 aromatic carbocycles. The second-order valence-corrected chi connectivity index (χ2v) is 4.49. The molecule has 0 aromatic heterocycles. The number of carbonyl (C=O) groups excluding carboxylic acids is 2. The first-order valence-corrected chi connectivity index (χ1v) is 4.86. The lowest BCUT2D eigenvalue weighted by Gasteiger charge is -2.33. The summed E-state index contributed by atoms with van der Waals surface area (Å²) in [6.07, 6.45) is 0. The highest BCUT2D eigenvalue weighted by atomic mass is 32.1. The third-order valence-electron chi connectivity index (χ3n) is 2.16. The summed E-state index contributed by atoms with van der Waals surface area (Å²) in [6, 6.07) is 0. The van der Waals surface area contributed by atoms with Crippen LogP contribution in [0.5, 0.6) is 0 Å². The summed E-state index contributed by atoms with van der Waals surface area (Å²) in [5, 5.41) is 17.7. The highest BCUT2D eigenvalue weighted by Crippen LogP contribution is 2.37. The molecule has 0 radical (unpaired) electrons. The van der Waals surface area contributed by atoms with Crippen molar-refractivity contribution in [3.8, 4) is 0 Å². The molecule has 90 valence electrons. The maximum Gasteiger partial charge on any atom is 0.329 e. The quantitative estimate of drug-likeness (QED) is 0.401. The van der Waals surface area contributed by atoms with Gasteiger partial charge in [-0.25, -0.2) is 0 Å². The molecule has 0 spiro atoms. The molecule has 2 N–H and O–H groups in total. The molecule has 0 aliphatic heterocycles. The minimum atomic E-state index is -2.71. The van der Waals surface area contributed by atoms with Crippen molar-refractivity contribution in [3.05, 3.63) is 0 Å². The molecule has 16 heavy (non-hydrogen) atoms. The van der Waals surface area contributed by atoms with Crippen LogP contribution >= 0.6 is 25.3 Å². The Bertz CT molecular complexity index is 311. The Balaban J connectivity index is 6.05. The van der Waals surface area contributed by atoms with E-state index in [0.29, 0.717) is 0 Å². The first-order valence-electron chi connectivity index (χ1n) is 3.96. The number of Topliss-reactive ketones (excluding diaryl/α,β-unsaturated/α-hetero) is 2. The van der Waals surface area contributed by atoms with Crippen LogP contribution in [0.3, 0.4) is 0 Å². The van der Waals surface area contributed by atoms with Crippen molar-refractivity contribution in [1.29, 1.82) is 0 Å². The molecule has 0 aromatic rings. The van der Waals surface area contributed by atoms with Crippen LogP contribution in [-0.4, -0.2) is 43.2 Å². The number of carboxylic acids is 2. The fourth-order valence-corrected chi connectivity index (χ4v) is 1.63. The summed E-state index contributed by atoms with van der Waals surface area (Å²) in [5.41, 5.74) is 0. The molecule has 0 fully saturated rings. The molecule has 2 unspecified atom stereocenters. The zero-order valence-corrected chi connectivity index (χ0v) is 10.2. The first kappa shape index (κ1) is 15.0. The molecule has 6 nitrogen and oxygen atoms in total. The van der Waals surface area contributed by atoms with Gasteiger partial charge in [-0.05, 0) is 13.8 Å². The number of thiol groups is 2. The Kier molecular flexibility index (Phi) is 4.18. The number of carboxylic acid groups (broad SMARTS) is 2. The van der Waals surface area contributed by atoms with Crippen LogP contribution in [0, 0.1) is 0 Å². The zero-order valence-electron chi connectivity index (χ0n) is 8.42. The summed E-state index contributed by atoms with van der Waals surface area (Å²) < 4.78 is -5.43. The number of rotatable bonds is 5. The third kappa shape index (κ3) is 1.82. The Hall–Kier alpha value is -1.02. The highest BCUT2D eigenvalue weighted by molar-refractivity contribution is 7.89. The van der Waals surface area contributed by atoms with E-state index >= 15 is 0 Å². The molecular formula is C8H10O6S2. The molecule has 0 aliphatic rings. The molecule has 0 saturated heterocycles. The predicted octanol–water partition coefficient (Wildman–Crippen LogP) is -0.329. The van der Waals surface area contributed by atoms with E-state index in [1.807, 2.05) is 0 Å². The lowest BCUT2D eigenvalue weighted by Crippen LogP contribution is -2.64. The van der Waals surface area contributed by atoms with Gasteiger partial charge in [-0.1, -0.05) is 0 Å². The van der Waals surface area contributed by atoms with E-state index in [9.17, 15) is 19.2 Å². The Morgan fingerprint density at radius 1 is 0.812 bits per heavy atom. The SMILES string of the molecule is CC(=O)C(S)(C(=O)O)C(S)(C(C)=O)C(=O)O. The number of carbonyl (C=O) groups is 4. The topological polar surface area (TPSA) is 109 Å². The van der Waals surface area contributed by atoms with E-state index in [4.69, 9.17) is 10.2 Å². The second-order valence-electron chi connectivity index (χ2n) is 3.14. The van der Waals surface area contributed by atoms with Crippen molar-refractivity contribution in [2.24, 2.45) is 0 Å². The van der Waals surface area contributed by atoms with Crippen molar-refractivity contribution in [1.82, 2.24) is 0 Å². The molecule has 0 heterocycles. The standard InChI is InChI=1S/C8H10O6S2/c1-3(9)7(15,5(11)12)8(16,4(2)10)6(13)14/h15-16H,1-2H3,(H,11,12)(H,13,14). The van der Waals surface area contributed by atoms with Gasteiger partial charge in [0.15, 0.2) is 21.1 Å². The van der Waals surface area contributed by atoms with Crippen LogP contribution in [0.25, 0.3) is 0 Å². The number of hydrogen-bond donors (Lipinski definition) is 4. The highest BCUT2D eigenvalue weighted by Gasteiger charge is 2.64. The molecule has 0 rings (SSSR count). The fraction of sp³-hybridized carbons (Fsp3) is 0.500. The lowest BCUT2D eigenvalue weighted by molar-refractivity contribution is -0.155. The van der Waals surface area contributed by atoms with E-state index in [2.05, 4.69) is 25.3 Å². The number of ketones is 2. The van der Waals surface area contributed by atoms with Crippen LogP contribution in [0.4, 0.5) is 0 Å². The average Bonchev–Trinajstić information content (AvgIpc) is 2.13. The van der Waals surface area contributed by atoms with Crippen molar-refractivity contribution in [3.63, 3.8) is 0 Å². The van der Waals surface area contributed by atoms with Gasteiger partial charge in [-0.2, -0.15) is 25.3 Å². The number of hydrogen-bond acceptors (Lipinski definition) is 6. The van der Waals surface area contributed by atoms with Gasteiger partial charge in [0, 0.05) is 0 Å². The van der Waals surface area contributed by atoms with Gasteiger partial charge < -0.3 is 10.2 Å². The summed E-state index contributed by atoms with van der Waals surface area (Å²) in [5.74, 6) is -5.85. The van der Waals surface area contributed by atoms with E-state index in [0.717, 1.165) is 13.8 Å². The lowest BCUT2D eigenvalue weighted by atomic mass is 9.84. The smallest absolute Gasteiger partial charge is 0.329 e. The summed E-state index contributed by atoms with van der Waals surface area (Å²) in [6.45, 7) is 1.66. The van der Waals surface area contributed by atoms with Crippen molar-refractivity contribution in [2.75, 3.05) is 0 Å². The maximum atomic E-state index is 11.2. The van der Waals surface area contributed by atoms with Crippen molar-refractivity contribution >= 4 is 48.8 Å². The van der Waals surface area contributed by atoms with Crippen LogP contribution in [0.2, 0.25) is 0 Å². The predicted molar refractivity (Wildman–Crippen MR) is 60.1 cm³/mol.